The second kappa shape index (κ2) is 6.56. The lowest BCUT2D eigenvalue weighted by Crippen LogP contribution is -2.65. The van der Waals surface area contributed by atoms with E-state index in [4.69, 9.17) is 11.5 Å². The maximum absolute atomic E-state index is 13.5. The molecule has 1 aromatic rings. The van der Waals surface area contributed by atoms with Crippen molar-refractivity contribution in [2.45, 2.75) is 24.5 Å². The highest BCUT2D eigenvalue weighted by molar-refractivity contribution is 6.24. The molecule has 3 aliphatic rings. The van der Waals surface area contributed by atoms with Gasteiger partial charge in [-0.15, -0.1) is 0 Å². The number of anilines is 1. The molecule has 4 rings (SSSR count). The zero-order valence-electron chi connectivity index (χ0n) is 16.9. The minimum Gasteiger partial charge on any atom is -0.508 e. The molecule has 0 spiro atoms. The number of benzene rings is 1. The summed E-state index contributed by atoms with van der Waals surface area (Å²) in [4.78, 5) is 39.8. The highest BCUT2D eigenvalue weighted by Crippen LogP contribution is 2.53. The van der Waals surface area contributed by atoms with E-state index in [1.54, 1.807) is 14.1 Å². The molecule has 31 heavy (non-hydrogen) atoms. The second-order valence-corrected chi connectivity index (χ2v) is 8.49. The standard InChI is InChI=1S/C21H23N3O7/c1-24(2)15-9-6-7-5-8-10(22)3-4-11(25)13(8)16(26)12(7)18(28)21(9,31)19(29)14(17(15)27)20(23)30/h3-4,7,9,15,25-26,29,31H,5-6,22H2,1-2H3,(H2,23,30)/t7?,9?,15-,21?/m0/s1. The van der Waals surface area contributed by atoms with Gasteiger partial charge in [-0.05, 0) is 50.6 Å². The summed E-state index contributed by atoms with van der Waals surface area (Å²) < 4.78 is 0. The fraction of sp³-hybridized carbons (Fsp3) is 0.381. The average molecular weight is 429 g/mol. The highest BCUT2D eigenvalue weighted by atomic mass is 16.3. The molecule has 4 atom stereocenters. The molecule has 0 saturated heterocycles. The van der Waals surface area contributed by atoms with E-state index in [-0.39, 0.29) is 29.7 Å². The van der Waals surface area contributed by atoms with Crippen molar-refractivity contribution in [3.63, 3.8) is 0 Å². The molecule has 1 amide bonds. The first-order valence-corrected chi connectivity index (χ1v) is 9.68. The van der Waals surface area contributed by atoms with Crippen molar-refractivity contribution in [3.8, 4) is 5.75 Å². The van der Waals surface area contributed by atoms with Crippen LogP contribution in [0.25, 0.3) is 5.76 Å². The lowest BCUT2D eigenvalue weighted by Gasteiger charge is -2.50. The first-order valence-electron chi connectivity index (χ1n) is 9.68. The molecular formula is C21H23N3O7. The number of Topliss-reactive ketones (excluding diaryl/α,β-unsaturated/α-hetero) is 2. The third-order valence-corrected chi connectivity index (χ3v) is 6.64. The van der Waals surface area contributed by atoms with Gasteiger partial charge in [0.1, 0.15) is 22.8 Å². The first-order chi connectivity index (χ1) is 14.4. The van der Waals surface area contributed by atoms with Gasteiger partial charge >= 0.3 is 0 Å². The fourth-order valence-electron chi connectivity index (χ4n) is 5.27. The topological polar surface area (TPSA) is 187 Å². The van der Waals surface area contributed by atoms with Gasteiger partial charge in [-0.2, -0.15) is 0 Å². The van der Waals surface area contributed by atoms with Gasteiger partial charge in [-0.3, -0.25) is 19.3 Å². The Morgan fingerprint density at radius 1 is 1.19 bits per heavy atom. The van der Waals surface area contributed by atoms with Crippen LogP contribution in [-0.4, -0.2) is 68.5 Å². The molecule has 1 fully saturated rings. The molecule has 10 heteroatoms. The number of aliphatic hydroxyl groups excluding tert-OH is 2. The Morgan fingerprint density at radius 2 is 1.84 bits per heavy atom. The number of nitrogen functional groups attached to an aromatic ring is 1. The van der Waals surface area contributed by atoms with Crippen LogP contribution in [-0.2, 0) is 20.8 Å². The number of primary amides is 1. The van der Waals surface area contributed by atoms with E-state index in [1.165, 1.54) is 17.0 Å². The van der Waals surface area contributed by atoms with Crippen LogP contribution in [0.2, 0.25) is 0 Å². The van der Waals surface area contributed by atoms with E-state index in [9.17, 15) is 34.8 Å². The number of nitrogens with zero attached hydrogens (tertiary/aromatic N) is 1. The maximum atomic E-state index is 13.5. The molecule has 10 nitrogen and oxygen atoms in total. The van der Waals surface area contributed by atoms with Crippen molar-refractivity contribution in [1.82, 2.24) is 4.90 Å². The van der Waals surface area contributed by atoms with Crippen LogP contribution >= 0.6 is 0 Å². The van der Waals surface area contributed by atoms with Gasteiger partial charge in [0.15, 0.2) is 11.4 Å². The van der Waals surface area contributed by atoms with Crippen molar-refractivity contribution in [1.29, 1.82) is 0 Å². The third kappa shape index (κ3) is 2.55. The number of nitrogens with two attached hydrogens (primary N) is 2. The summed E-state index contributed by atoms with van der Waals surface area (Å²) in [6.07, 6.45) is 0.204. The van der Waals surface area contributed by atoms with Crippen LogP contribution in [0.1, 0.15) is 17.5 Å². The van der Waals surface area contributed by atoms with Gasteiger partial charge in [0, 0.05) is 17.2 Å². The summed E-state index contributed by atoms with van der Waals surface area (Å²) in [7, 11) is 3.09. The van der Waals surface area contributed by atoms with Gasteiger partial charge in [0.05, 0.1) is 11.6 Å². The molecule has 8 N–H and O–H groups in total. The van der Waals surface area contributed by atoms with Crippen molar-refractivity contribution < 1.29 is 34.8 Å². The van der Waals surface area contributed by atoms with Crippen LogP contribution < -0.4 is 11.5 Å². The first kappa shape index (κ1) is 20.9. The van der Waals surface area contributed by atoms with Crippen LogP contribution in [0.15, 0.2) is 29.0 Å². The van der Waals surface area contributed by atoms with E-state index in [2.05, 4.69) is 0 Å². The molecule has 0 radical (unpaired) electrons. The van der Waals surface area contributed by atoms with Gasteiger partial charge < -0.3 is 31.9 Å². The number of amides is 1. The van der Waals surface area contributed by atoms with E-state index in [0.29, 0.717) is 11.3 Å². The number of phenols is 1. The lowest BCUT2D eigenvalue weighted by atomic mass is 9.57. The molecule has 0 heterocycles. The molecule has 0 aliphatic heterocycles. The zero-order chi connectivity index (χ0) is 23.0. The Bertz CT molecular complexity index is 1120. The monoisotopic (exact) mass is 429 g/mol. The SMILES string of the molecule is CN(C)[C@@H]1C(=O)C(C(N)=O)=C(O)C2(O)C(=O)C3=C(O)c4c(O)ccc(N)c4CC3CC12. The van der Waals surface area contributed by atoms with Gasteiger partial charge in [0.25, 0.3) is 5.91 Å². The summed E-state index contributed by atoms with van der Waals surface area (Å²) >= 11 is 0. The molecular weight excluding hydrogens is 406 g/mol. The van der Waals surface area contributed by atoms with Crippen molar-refractivity contribution in [2.24, 2.45) is 17.6 Å². The minimum atomic E-state index is -2.64. The van der Waals surface area contributed by atoms with E-state index in [0.717, 1.165) is 0 Å². The number of aliphatic hydroxyl groups is 3. The Hall–Kier alpha value is -3.37. The number of phenolic OH excluding ortho intramolecular Hbond substituents is 1. The Morgan fingerprint density at radius 3 is 2.42 bits per heavy atom. The summed E-state index contributed by atoms with van der Waals surface area (Å²) in [6, 6.07) is 1.65. The average Bonchev–Trinajstić information content (AvgIpc) is 2.67. The van der Waals surface area contributed by atoms with Crippen molar-refractivity contribution in [3.05, 3.63) is 40.2 Å². The number of hydrogen-bond donors (Lipinski definition) is 6. The number of aromatic hydroxyl groups is 1. The van der Waals surface area contributed by atoms with Crippen LogP contribution in [0.4, 0.5) is 5.69 Å². The van der Waals surface area contributed by atoms with Crippen LogP contribution in [0.3, 0.4) is 0 Å². The molecule has 3 aliphatic carbocycles. The third-order valence-electron chi connectivity index (χ3n) is 6.64. The Balaban J connectivity index is 1.99. The molecule has 164 valence electrons. The summed E-state index contributed by atoms with van der Waals surface area (Å²) in [5.41, 5.74) is 8.35. The number of hydrogen-bond acceptors (Lipinski definition) is 9. The molecule has 0 bridgehead atoms. The molecule has 1 saturated carbocycles. The van der Waals surface area contributed by atoms with Crippen molar-refractivity contribution in [2.75, 3.05) is 19.8 Å². The van der Waals surface area contributed by atoms with E-state index in [1.807, 2.05) is 0 Å². The predicted octanol–water partition coefficient (Wildman–Crippen LogP) is -0.454. The number of carbonyl (C=O) groups is 3. The largest absolute Gasteiger partial charge is 0.508 e. The predicted molar refractivity (Wildman–Crippen MR) is 109 cm³/mol. The zero-order valence-corrected chi connectivity index (χ0v) is 16.9. The fourth-order valence-corrected chi connectivity index (χ4v) is 5.27. The number of ketones is 2. The number of likely N-dealkylation sites (N-methyl/N-ethyl adjacent to an activating group) is 1. The quantitative estimate of drug-likeness (QED) is 0.205. The maximum Gasteiger partial charge on any atom is 0.255 e. The number of rotatable bonds is 2. The summed E-state index contributed by atoms with van der Waals surface area (Å²) in [5, 5.41) is 43.3. The molecule has 0 aromatic heterocycles. The smallest absolute Gasteiger partial charge is 0.255 e. The number of fused-ring (bicyclic) bond motifs is 3. The molecule has 1 aromatic carbocycles. The van der Waals surface area contributed by atoms with E-state index >= 15 is 0 Å². The van der Waals surface area contributed by atoms with Gasteiger partial charge in [-0.1, -0.05) is 0 Å². The van der Waals surface area contributed by atoms with Gasteiger partial charge in [0.2, 0.25) is 5.78 Å². The summed E-state index contributed by atoms with van der Waals surface area (Å²) in [5.74, 6) is -6.80. The van der Waals surface area contributed by atoms with Gasteiger partial charge in [-0.25, -0.2) is 0 Å². The highest BCUT2D eigenvalue weighted by Gasteiger charge is 2.64. The Labute approximate surface area is 177 Å². The minimum absolute atomic E-state index is 0.0173. The van der Waals surface area contributed by atoms with Crippen LogP contribution in [0.5, 0.6) is 5.75 Å². The number of carbonyl (C=O) groups excluding carboxylic acids is 3. The second-order valence-electron chi connectivity index (χ2n) is 8.49. The Kier molecular flexibility index (Phi) is 4.42. The lowest BCUT2D eigenvalue weighted by molar-refractivity contribution is -0.153. The molecule has 3 unspecified atom stereocenters. The normalized spacial score (nSPS) is 30.3. The van der Waals surface area contributed by atoms with Crippen molar-refractivity contribution >= 4 is 28.9 Å². The van der Waals surface area contributed by atoms with E-state index < -0.39 is 58.0 Å². The summed E-state index contributed by atoms with van der Waals surface area (Å²) in [6.45, 7) is 0. The van der Waals surface area contributed by atoms with Crippen LogP contribution in [0, 0.1) is 11.8 Å².